The molecule has 0 atom stereocenters. The van der Waals surface area contributed by atoms with Crippen LogP contribution >= 0.6 is 27.5 Å². The number of aryl methyl sites for hydroxylation is 1. The molecule has 0 unspecified atom stereocenters. The van der Waals surface area contributed by atoms with E-state index in [1.54, 1.807) is 12.1 Å². The first-order valence-corrected chi connectivity index (χ1v) is 7.22. The molecule has 0 radical (unpaired) electrons. The minimum atomic E-state index is -0.245. The van der Waals surface area contributed by atoms with Gasteiger partial charge >= 0.3 is 0 Å². The molecular weight excluding hydrogens is 331 g/mol. The van der Waals surface area contributed by atoms with Crippen molar-refractivity contribution in [2.45, 2.75) is 26.2 Å². The average Bonchev–Trinajstić information content (AvgIpc) is 2.38. The summed E-state index contributed by atoms with van der Waals surface area (Å²) in [5.74, 6) is 0.411. The maximum Gasteiger partial charge on any atom is 0.147 e. The van der Waals surface area contributed by atoms with E-state index in [0.717, 1.165) is 28.6 Å². The molecule has 1 heterocycles. The average molecular weight is 344 g/mol. The molecular formula is C14H13BrClFN2. The molecule has 0 saturated heterocycles. The lowest BCUT2D eigenvalue weighted by Crippen LogP contribution is -2.03. The van der Waals surface area contributed by atoms with Crippen molar-refractivity contribution in [1.82, 2.24) is 9.97 Å². The molecule has 0 saturated carbocycles. The zero-order chi connectivity index (χ0) is 13.8. The lowest BCUT2D eigenvalue weighted by molar-refractivity contribution is 0.627. The second-order valence-electron chi connectivity index (χ2n) is 4.24. The minimum Gasteiger partial charge on any atom is -0.236 e. The van der Waals surface area contributed by atoms with E-state index >= 15 is 0 Å². The van der Waals surface area contributed by atoms with Gasteiger partial charge in [0.05, 0.1) is 10.2 Å². The van der Waals surface area contributed by atoms with Crippen molar-refractivity contribution < 1.29 is 4.39 Å². The molecule has 0 aliphatic carbocycles. The highest BCUT2D eigenvalue weighted by Gasteiger charge is 2.10. The zero-order valence-electron chi connectivity index (χ0n) is 10.5. The summed E-state index contributed by atoms with van der Waals surface area (Å²) >= 11 is 9.49. The van der Waals surface area contributed by atoms with E-state index in [2.05, 4.69) is 32.8 Å². The second-order valence-corrected chi connectivity index (χ2v) is 5.40. The number of benzene rings is 1. The summed E-state index contributed by atoms with van der Waals surface area (Å²) in [5.41, 5.74) is 1.88. The van der Waals surface area contributed by atoms with E-state index in [1.165, 1.54) is 12.1 Å². The maximum absolute atomic E-state index is 12.8. The van der Waals surface area contributed by atoms with E-state index < -0.39 is 0 Å². The number of halogens is 3. The minimum absolute atomic E-state index is 0.245. The number of rotatable bonds is 4. The highest BCUT2D eigenvalue weighted by Crippen LogP contribution is 2.25. The van der Waals surface area contributed by atoms with Crippen LogP contribution in [0.3, 0.4) is 0 Å². The topological polar surface area (TPSA) is 25.8 Å². The van der Waals surface area contributed by atoms with Crippen molar-refractivity contribution >= 4 is 27.5 Å². The smallest absolute Gasteiger partial charge is 0.147 e. The van der Waals surface area contributed by atoms with Crippen molar-refractivity contribution in [3.05, 3.63) is 56.8 Å². The molecule has 0 aliphatic heterocycles. The Labute approximate surface area is 125 Å². The molecule has 0 aliphatic rings. The molecule has 0 amide bonds. The molecule has 1 aromatic heterocycles. The van der Waals surface area contributed by atoms with Crippen molar-refractivity contribution in [2.75, 3.05) is 0 Å². The van der Waals surface area contributed by atoms with Crippen LogP contribution < -0.4 is 0 Å². The van der Waals surface area contributed by atoms with Crippen LogP contribution in [0.4, 0.5) is 4.39 Å². The Balaban J connectivity index is 2.27. The van der Waals surface area contributed by atoms with Gasteiger partial charge in [-0.3, -0.25) is 0 Å². The fourth-order valence-electron chi connectivity index (χ4n) is 1.78. The lowest BCUT2D eigenvalue weighted by atomic mass is 10.1. The molecule has 0 fully saturated rings. The first-order valence-electron chi connectivity index (χ1n) is 6.05. The standard InChI is InChI=1S/C14H13BrClFN2/c1-2-3-11-13(15)14(16)19-12(18-11)8-9-4-6-10(17)7-5-9/h4-7H,2-3,8H2,1H3. The summed E-state index contributed by atoms with van der Waals surface area (Å²) in [6, 6.07) is 6.33. The van der Waals surface area contributed by atoms with Gasteiger partial charge in [0.1, 0.15) is 16.8 Å². The van der Waals surface area contributed by atoms with Crippen LogP contribution in [0.15, 0.2) is 28.7 Å². The van der Waals surface area contributed by atoms with Gasteiger partial charge in [0.25, 0.3) is 0 Å². The van der Waals surface area contributed by atoms with Crippen LogP contribution in [0.25, 0.3) is 0 Å². The Morgan fingerprint density at radius 3 is 2.53 bits per heavy atom. The van der Waals surface area contributed by atoms with E-state index in [9.17, 15) is 4.39 Å². The highest BCUT2D eigenvalue weighted by molar-refractivity contribution is 9.10. The van der Waals surface area contributed by atoms with Gasteiger partial charge in [-0.05, 0) is 40.0 Å². The normalized spacial score (nSPS) is 10.7. The van der Waals surface area contributed by atoms with Gasteiger partial charge in [-0.15, -0.1) is 0 Å². The van der Waals surface area contributed by atoms with Crippen LogP contribution in [0.1, 0.15) is 30.4 Å². The number of hydrogen-bond donors (Lipinski definition) is 0. The third-order valence-corrected chi connectivity index (χ3v) is 4.02. The quantitative estimate of drug-likeness (QED) is 0.760. The molecule has 100 valence electrons. The van der Waals surface area contributed by atoms with Gasteiger partial charge in [0, 0.05) is 6.42 Å². The predicted molar refractivity (Wildman–Crippen MR) is 77.9 cm³/mol. The number of aromatic nitrogens is 2. The first-order chi connectivity index (χ1) is 9.10. The van der Waals surface area contributed by atoms with E-state index in [-0.39, 0.29) is 5.82 Å². The van der Waals surface area contributed by atoms with Crippen LogP contribution in [0.2, 0.25) is 5.15 Å². The van der Waals surface area contributed by atoms with Crippen molar-refractivity contribution in [1.29, 1.82) is 0 Å². The second kappa shape index (κ2) is 6.44. The molecule has 2 aromatic rings. The Morgan fingerprint density at radius 2 is 1.89 bits per heavy atom. The van der Waals surface area contributed by atoms with Crippen molar-refractivity contribution in [3.63, 3.8) is 0 Å². The van der Waals surface area contributed by atoms with E-state index in [0.29, 0.717) is 17.4 Å². The predicted octanol–water partition coefficient (Wildman–Crippen LogP) is 4.57. The summed E-state index contributed by atoms with van der Waals surface area (Å²) < 4.78 is 13.6. The fourth-order valence-corrected chi connectivity index (χ4v) is 2.36. The monoisotopic (exact) mass is 342 g/mol. The van der Waals surface area contributed by atoms with Crippen LogP contribution in [-0.4, -0.2) is 9.97 Å². The highest BCUT2D eigenvalue weighted by atomic mass is 79.9. The summed E-state index contributed by atoms with van der Waals surface area (Å²) in [5, 5.41) is 0.426. The lowest BCUT2D eigenvalue weighted by Gasteiger charge is -2.07. The summed E-state index contributed by atoms with van der Waals surface area (Å²) in [4.78, 5) is 8.75. The van der Waals surface area contributed by atoms with Gasteiger partial charge in [-0.25, -0.2) is 14.4 Å². The maximum atomic E-state index is 12.8. The fraction of sp³-hybridized carbons (Fsp3) is 0.286. The van der Waals surface area contributed by atoms with Crippen molar-refractivity contribution in [3.8, 4) is 0 Å². The Morgan fingerprint density at radius 1 is 1.21 bits per heavy atom. The molecule has 0 spiro atoms. The van der Waals surface area contributed by atoms with Gasteiger partial charge < -0.3 is 0 Å². The van der Waals surface area contributed by atoms with Crippen molar-refractivity contribution in [2.24, 2.45) is 0 Å². The molecule has 0 bridgehead atoms. The Hall–Kier alpha value is -1.00. The summed E-state index contributed by atoms with van der Waals surface area (Å²) in [6.07, 6.45) is 2.38. The number of nitrogens with zero attached hydrogens (tertiary/aromatic N) is 2. The SMILES string of the molecule is CCCc1nc(Cc2ccc(F)cc2)nc(Cl)c1Br. The third kappa shape index (κ3) is 3.74. The van der Waals surface area contributed by atoms with E-state index in [4.69, 9.17) is 11.6 Å². The van der Waals surface area contributed by atoms with E-state index in [1.807, 2.05) is 0 Å². The summed E-state index contributed by atoms with van der Waals surface area (Å²) in [7, 11) is 0. The largest absolute Gasteiger partial charge is 0.236 e. The van der Waals surface area contributed by atoms with Gasteiger partial charge in [0.15, 0.2) is 0 Å². The first kappa shape index (κ1) is 14.4. The third-order valence-electron chi connectivity index (χ3n) is 2.69. The zero-order valence-corrected chi connectivity index (χ0v) is 12.8. The van der Waals surface area contributed by atoms with Gasteiger partial charge in [-0.1, -0.05) is 37.1 Å². The molecule has 1 aromatic carbocycles. The number of hydrogen-bond acceptors (Lipinski definition) is 2. The van der Waals surface area contributed by atoms with Crippen LogP contribution in [-0.2, 0) is 12.8 Å². The Bertz CT molecular complexity index is 572. The van der Waals surface area contributed by atoms with Gasteiger partial charge in [0.2, 0.25) is 0 Å². The van der Waals surface area contributed by atoms with Crippen LogP contribution in [0.5, 0.6) is 0 Å². The molecule has 2 rings (SSSR count). The van der Waals surface area contributed by atoms with Crippen LogP contribution in [0, 0.1) is 5.82 Å². The molecule has 2 nitrogen and oxygen atoms in total. The summed E-state index contributed by atoms with van der Waals surface area (Å²) in [6.45, 7) is 2.09. The molecule has 19 heavy (non-hydrogen) atoms. The Kier molecular flexibility index (Phi) is 4.88. The molecule has 5 heteroatoms. The molecule has 0 N–H and O–H groups in total. The van der Waals surface area contributed by atoms with Gasteiger partial charge in [-0.2, -0.15) is 0 Å².